The van der Waals surface area contributed by atoms with Crippen LogP contribution in [0, 0.1) is 0 Å². The van der Waals surface area contributed by atoms with Crippen LogP contribution in [0.25, 0.3) is 0 Å². The van der Waals surface area contributed by atoms with Crippen LogP contribution < -0.4 is 0 Å². The van der Waals surface area contributed by atoms with Gasteiger partial charge in [-0.05, 0) is 0 Å². The summed E-state index contributed by atoms with van der Waals surface area (Å²) in [6.07, 6.45) is -16.7. The second-order valence-electron chi connectivity index (χ2n) is 6.56. The molecule has 0 aliphatic carbocycles. The van der Waals surface area contributed by atoms with E-state index in [2.05, 4.69) is 6.58 Å². The second kappa shape index (κ2) is 8.56. The van der Waals surface area contributed by atoms with Gasteiger partial charge in [0.1, 0.15) is 6.17 Å². The third-order valence-corrected chi connectivity index (χ3v) is 4.04. The van der Waals surface area contributed by atoms with Crippen LogP contribution in [0.2, 0.25) is 0 Å². The number of rotatable bonds is 11. The van der Waals surface area contributed by atoms with Gasteiger partial charge in [0.15, 0.2) is 0 Å². The van der Waals surface area contributed by atoms with Crippen molar-refractivity contribution in [3.63, 3.8) is 0 Å². The zero-order valence-electron chi connectivity index (χ0n) is 15.4. The molecule has 1 N–H and O–H groups in total. The van der Waals surface area contributed by atoms with Crippen LogP contribution in [0.5, 0.6) is 0 Å². The fourth-order valence-electron chi connectivity index (χ4n) is 2.03. The van der Waals surface area contributed by atoms with Gasteiger partial charge in [0, 0.05) is 18.4 Å². The molecule has 1 atom stereocenters. The molecule has 0 aromatic rings. The Balaban J connectivity index is 6.49. The topological polar surface area (TPSA) is 37.3 Å². The Morgan fingerprint density at radius 1 is 0.618 bits per heavy atom. The molecule has 0 fully saturated rings. The standard InChI is InChI=1S/C14H8F18O2/c1-4(6(33)34)2-5(15)3-7(16,17)8(18,19)9(20,21)10(22,23)11(24,25)12(26,27)13(28,29)14(30,31)32/h5H,1-3H2,(H,33,34). The molecule has 2 nitrogen and oxygen atoms in total. The Hall–Kier alpha value is -2.05. The number of halogens is 18. The highest BCUT2D eigenvalue weighted by atomic mass is 19.4. The van der Waals surface area contributed by atoms with Crippen LogP contribution in [-0.2, 0) is 4.79 Å². The molecule has 0 aromatic carbocycles. The Bertz CT molecular complexity index is 780. The van der Waals surface area contributed by atoms with Gasteiger partial charge in [-0.25, -0.2) is 9.18 Å². The fourth-order valence-corrected chi connectivity index (χ4v) is 2.03. The summed E-state index contributed by atoms with van der Waals surface area (Å²) < 4.78 is 235. The van der Waals surface area contributed by atoms with Crippen LogP contribution in [0.3, 0.4) is 0 Å². The number of hydrogen-bond acceptors (Lipinski definition) is 1. The molecule has 0 aliphatic rings. The quantitative estimate of drug-likeness (QED) is 0.228. The highest BCUT2D eigenvalue weighted by Gasteiger charge is 2.95. The number of alkyl halides is 18. The molecule has 0 spiro atoms. The van der Waals surface area contributed by atoms with Crippen molar-refractivity contribution in [2.75, 3.05) is 0 Å². The van der Waals surface area contributed by atoms with Crippen molar-refractivity contribution in [2.24, 2.45) is 0 Å². The van der Waals surface area contributed by atoms with Crippen molar-refractivity contribution >= 4 is 5.97 Å². The van der Waals surface area contributed by atoms with Crippen LogP contribution in [0.15, 0.2) is 12.2 Å². The summed E-state index contributed by atoms with van der Waals surface area (Å²) >= 11 is 0. The zero-order valence-corrected chi connectivity index (χ0v) is 15.4. The van der Waals surface area contributed by atoms with E-state index in [0.717, 1.165) is 0 Å². The predicted octanol–water partition coefficient (Wildman–Crippen LogP) is 6.75. The molecule has 34 heavy (non-hydrogen) atoms. The highest BCUT2D eigenvalue weighted by Crippen LogP contribution is 2.64. The van der Waals surface area contributed by atoms with Crippen molar-refractivity contribution in [3.05, 3.63) is 12.2 Å². The zero-order chi connectivity index (χ0) is 28.1. The first-order valence-electron chi connectivity index (χ1n) is 7.74. The SMILES string of the molecule is C=C(CC(F)CC(F)(F)C(F)(F)C(F)(F)C(F)(F)C(F)(F)C(F)(F)C(F)(F)C(F)(F)F)C(=O)O. The van der Waals surface area contributed by atoms with Crippen molar-refractivity contribution in [1.29, 1.82) is 0 Å². The first-order valence-corrected chi connectivity index (χ1v) is 7.74. The number of carboxylic acids is 1. The van der Waals surface area contributed by atoms with Crippen LogP contribution in [0.4, 0.5) is 79.0 Å². The molecular weight excluding hydrogens is 542 g/mol. The fraction of sp³-hybridized carbons (Fsp3) is 0.786. The molecule has 0 radical (unpaired) electrons. The lowest BCUT2D eigenvalue weighted by Gasteiger charge is -2.43. The van der Waals surface area contributed by atoms with Gasteiger partial charge in [-0.3, -0.25) is 0 Å². The Morgan fingerprint density at radius 3 is 1.21 bits per heavy atom. The molecule has 0 amide bonds. The van der Waals surface area contributed by atoms with E-state index in [0.29, 0.717) is 0 Å². The van der Waals surface area contributed by atoms with Crippen molar-refractivity contribution in [2.45, 2.75) is 66.6 Å². The van der Waals surface area contributed by atoms with Gasteiger partial charge < -0.3 is 5.11 Å². The van der Waals surface area contributed by atoms with Crippen molar-refractivity contribution < 1.29 is 88.9 Å². The monoisotopic (exact) mass is 550 g/mol. The van der Waals surface area contributed by atoms with Gasteiger partial charge in [0.05, 0.1) is 0 Å². The average molecular weight is 550 g/mol. The minimum absolute atomic E-state index is 1.38. The minimum Gasteiger partial charge on any atom is -0.478 e. The molecule has 0 saturated heterocycles. The summed E-state index contributed by atoms with van der Waals surface area (Å²) in [6, 6.07) is 0. The maximum atomic E-state index is 13.5. The Labute approximate surface area is 175 Å². The molecule has 20 heteroatoms. The van der Waals surface area contributed by atoms with Crippen LogP contribution >= 0.6 is 0 Å². The normalized spacial score (nSPS) is 16.4. The van der Waals surface area contributed by atoms with Gasteiger partial charge in [-0.2, -0.15) is 74.6 Å². The van der Waals surface area contributed by atoms with Crippen molar-refractivity contribution in [1.82, 2.24) is 0 Å². The third-order valence-electron chi connectivity index (χ3n) is 4.04. The Kier molecular flexibility index (Phi) is 8.04. The largest absolute Gasteiger partial charge is 0.478 e. The summed E-state index contributed by atoms with van der Waals surface area (Å²) in [4.78, 5) is 10.3. The van der Waals surface area contributed by atoms with E-state index in [4.69, 9.17) is 5.11 Å². The Morgan fingerprint density at radius 2 is 0.912 bits per heavy atom. The summed E-state index contributed by atoms with van der Waals surface area (Å²) in [7, 11) is 0. The van der Waals surface area contributed by atoms with Crippen LogP contribution in [-0.4, -0.2) is 64.9 Å². The van der Waals surface area contributed by atoms with Gasteiger partial charge >= 0.3 is 53.6 Å². The summed E-state index contributed by atoms with van der Waals surface area (Å²) in [5, 5.41) is 8.30. The van der Waals surface area contributed by atoms with E-state index in [-0.39, 0.29) is 0 Å². The molecule has 0 bridgehead atoms. The van der Waals surface area contributed by atoms with E-state index < -0.39 is 78.2 Å². The van der Waals surface area contributed by atoms with Gasteiger partial charge in [0.25, 0.3) is 0 Å². The minimum atomic E-state index is -8.77. The molecule has 202 valence electrons. The predicted molar refractivity (Wildman–Crippen MR) is 71.6 cm³/mol. The molecule has 0 heterocycles. The maximum Gasteiger partial charge on any atom is 0.460 e. The average Bonchev–Trinajstić information content (AvgIpc) is 2.58. The third kappa shape index (κ3) is 4.59. The number of aliphatic carboxylic acids is 1. The number of carbonyl (C=O) groups is 1. The lowest BCUT2D eigenvalue weighted by molar-refractivity contribution is -0.462. The van der Waals surface area contributed by atoms with Crippen molar-refractivity contribution in [3.8, 4) is 0 Å². The van der Waals surface area contributed by atoms with Crippen LogP contribution in [0.1, 0.15) is 12.8 Å². The first-order chi connectivity index (χ1) is 14.5. The first kappa shape index (κ1) is 31.9. The summed E-state index contributed by atoms with van der Waals surface area (Å²) in [5.74, 6) is -60.0. The van der Waals surface area contributed by atoms with E-state index in [1.54, 1.807) is 0 Å². The maximum absolute atomic E-state index is 13.5. The van der Waals surface area contributed by atoms with E-state index in [1.165, 1.54) is 0 Å². The summed E-state index contributed by atoms with van der Waals surface area (Å²) in [6.45, 7) is 2.49. The lowest BCUT2D eigenvalue weighted by Crippen LogP contribution is -2.74. The molecule has 0 aromatic heterocycles. The second-order valence-corrected chi connectivity index (χ2v) is 6.56. The molecule has 0 aliphatic heterocycles. The lowest BCUT2D eigenvalue weighted by atomic mass is 9.87. The van der Waals surface area contributed by atoms with E-state index in [9.17, 15) is 83.8 Å². The van der Waals surface area contributed by atoms with Gasteiger partial charge in [-0.15, -0.1) is 0 Å². The van der Waals surface area contributed by atoms with E-state index >= 15 is 0 Å². The molecular formula is C14H8F18O2. The van der Waals surface area contributed by atoms with E-state index in [1.807, 2.05) is 0 Å². The van der Waals surface area contributed by atoms with Gasteiger partial charge in [0.2, 0.25) is 0 Å². The number of carboxylic acid groups (broad SMARTS) is 1. The molecule has 1 unspecified atom stereocenters. The highest BCUT2D eigenvalue weighted by molar-refractivity contribution is 5.85. The summed E-state index contributed by atoms with van der Waals surface area (Å²) in [5.41, 5.74) is -1.38. The van der Waals surface area contributed by atoms with Gasteiger partial charge in [-0.1, -0.05) is 6.58 Å². The number of hydrogen-bond donors (Lipinski definition) is 1. The smallest absolute Gasteiger partial charge is 0.460 e. The molecule has 0 rings (SSSR count). The molecule has 0 saturated carbocycles.